The maximum atomic E-state index is 11.1. The average molecular weight is 368 g/mol. The van der Waals surface area contributed by atoms with Gasteiger partial charge in [0.2, 0.25) is 5.91 Å². The fourth-order valence-corrected chi connectivity index (χ4v) is 2.58. The number of para-hydroxylation sites is 1. The number of methoxy groups -OCH3 is 1. The topological polar surface area (TPSA) is 96.8 Å². The van der Waals surface area contributed by atoms with Crippen molar-refractivity contribution in [3.63, 3.8) is 0 Å². The van der Waals surface area contributed by atoms with E-state index < -0.39 is 5.91 Å². The molecule has 0 aliphatic heterocycles. The summed E-state index contributed by atoms with van der Waals surface area (Å²) in [6.07, 6.45) is -0.00363. The number of amides is 1. The fourth-order valence-electron chi connectivity index (χ4n) is 2.58. The number of carbonyl (C=O) groups excluding carboxylic acids is 1. The maximum absolute atomic E-state index is 11.1. The molecule has 2 aromatic carbocycles. The van der Waals surface area contributed by atoms with Crippen LogP contribution >= 0.6 is 0 Å². The molecule has 8 heteroatoms. The van der Waals surface area contributed by atoms with E-state index in [2.05, 4.69) is 9.97 Å². The molecule has 3 rings (SSSR count). The molecule has 0 radical (unpaired) electrons. The van der Waals surface area contributed by atoms with Crippen molar-refractivity contribution in [2.24, 2.45) is 0 Å². The van der Waals surface area contributed by atoms with Gasteiger partial charge in [-0.2, -0.15) is 9.97 Å². The molecular weight excluding hydrogens is 348 g/mol. The second-order valence-corrected chi connectivity index (χ2v) is 5.74. The first-order valence-corrected chi connectivity index (χ1v) is 8.32. The van der Waals surface area contributed by atoms with Crippen LogP contribution in [-0.4, -0.2) is 41.8 Å². The second-order valence-electron chi connectivity index (χ2n) is 5.74. The standard InChI is InChI=1S/C19H20N4O4/c1-23(13-7-9-14(26-2)10-8-13)18-15-5-3-4-6-16(15)20-19(21-18)27-12-11-17(24)22-25/h3-10,25H,11-12H2,1-2H3,(H,22,24). The van der Waals surface area contributed by atoms with Gasteiger partial charge in [0.25, 0.3) is 0 Å². The van der Waals surface area contributed by atoms with Gasteiger partial charge in [-0.25, -0.2) is 5.48 Å². The molecular formula is C19H20N4O4. The Labute approximate surface area is 156 Å². The van der Waals surface area contributed by atoms with E-state index in [1.807, 2.05) is 60.5 Å². The van der Waals surface area contributed by atoms with Crippen molar-refractivity contribution in [3.05, 3.63) is 48.5 Å². The summed E-state index contributed by atoms with van der Waals surface area (Å²) in [5.41, 5.74) is 3.21. The molecule has 1 amide bonds. The molecule has 0 bridgehead atoms. The number of nitrogens with one attached hydrogen (secondary N) is 1. The van der Waals surface area contributed by atoms with Crippen molar-refractivity contribution in [2.45, 2.75) is 6.42 Å². The predicted octanol–water partition coefficient (Wildman–Crippen LogP) is 2.68. The van der Waals surface area contributed by atoms with Gasteiger partial charge < -0.3 is 14.4 Å². The zero-order valence-corrected chi connectivity index (χ0v) is 15.0. The fraction of sp³-hybridized carbons (Fsp3) is 0.211. The van der Waals surface area contributed by atoms with Gasteiger partial charge in [0.05, 0.1) is 19.0 Å². The molecule has 2 N–H and O–H groups in total. The van der Waals surface area contributed by atoms with Crippen LogP contribution in [0.25, 0.3) is 10.9 Å². The molecule has 3 aromatic rings. The number of carbonyl (C=O) groups is 1. The molecule has 0 aliphatic rings. The van der Waals surface area contributed by atoms with Gasteiger partial charge in [-0.1, -0.05) is 12.1 Å². The summed E-state index contributed by atoms with van der Waals surface area (Å²) in [6, 6.07) is 15.4. The van der Waals surface area contributed by atoms with E-state index in [9.17, 15) is 4.79 Å². The SMILES string of the molecule is COc1ccc(N(C)c2nc(OCCC(=O)NO)nc3ccccc23)cc1. The summed E-state index contributed by atoms with van der Waals surface area (Å²) in [5.74, 6) is 0.907. The van der Waals surface area contributed by atoms with Crippen molar-refractivity contribution >= 4 is 28.3 Å². The molecule has 0 atom stereocenters. The Balaban J connectivity index is 1.93. The van der Waals surface area contributed by atoms with E-state index in [4.69, 9.17) is 14.7 Å². The van der Waals surface area contributed by atoms with Crippen LogP contribution in [0.15, 0.2) is 48.5 Å². The molecule has 0 aliphatic carbocycles. The summed E-state index contributed by atoms with van der Waals surface area (Å²) in [4.78, 5) is 22.0. The van der Waals surface area contributed by atoms with Gasteiger partial charge in [-0.05, 0) is 36.4 Å². The number of aromatic nitrogens is 2. The number of hydroxylamine groups is 1. The van der Waals surface area contributed by atoms with Crippen LogP contribution in [0.1, 0.15) is 6.42 Å². The lowest BCUT2D eigenvalue weighted by Gasteiger charge is -2.21. The van der Waals surface area contributed by atoms with Crippen LogP contribution in [-0.2, 0) is 4.79 Å². The van der Waals surface area contributed by atoms with Gasteiger partial charge in [0.15, 0.2) is 0 Å². The maximum Gasteiger partial charge on any atom is 0.318 e. The third kappa shape index (κ3) is 4.24. The minimum atomic E-state index is -0.536. The lowest BCUT2D eigenvalue weighted by molar-refractivity contribution is -0.129. The number of benzene rings is 2. The van der Waals surface area contributed by atoms with Gasteiger partial charge in [-0.3, -0.25) is 10.0 Å². The Bertz CT molecular complexity index is 931. The number of hydrogen-bond acceptors (Lipinski definition) is 7. The predicted molar refractivity (Wildman–Crippen MR) is 101 cm³/mol. The van der Waals surface area contributed by atoms with Crippen LogP contribution in [0.2, 0.25) is 0 Å². The number of hydrogen-bond donors (Lipinski definition) is 2. The number of fused-ring (bicyclic) bond motifs is 1. The minimum absolute atomic E-state index is 0.00363. The Morgan fingerprint density at radius 2 is 1.89 bits per heavy atom. The molecule has 1 heterocycles. The molecule has 0 saturated carbocycles. The highest BCUT2D eigenvalue weighted by atomic mass is 16.5. The molecule has 0 fully saturated rings. The largest absolute Gasteiger partial charge is 0.497 e. The van der Waals surface area contributed by atoms with Crippen molar-refractivity contribution in [3.8, 4) is 11.8 Å². The quantitative estimate of drug-likeness (QED) is 0.489. The average Bonchev–Trinajstić information content (AvgIpc) is 2.72. The van der Waals surface area contributed by atoms with Crippen LogP contribution in [0.5, 0.6) is 11.8 Å². The third-order valence-corrected chi connectivity index (χ3v) is 4.03. The van der Waals surface area contributed by atoms with Crippen molar-refractivity contribution in [1.82, 2.24) is 15.4 Å². The summed E-state index contributed by atoms with van der Waals surface area (Å²) in [7, 11) is 3.52. The Morgan fingerprint density at radius 1 is 1.15 bits per heavy atom. The summed E-state index contributed by atoms with van der Waals surface area (Å²) >= 11 is 0. The lowest BCUT2D eigenvalue weighted by Crippen LogP contribution is -2.21. The van der Waals surface area contributed by atoms with E-state index in [1.165, 1.54) is 0 Å². The first-order chi connectivity index (χ1) is 13.1. The molecule has 0 unspecified atom stereocenters. The highest BCUT2D eigenvalue weighted by Crippen LogP contribution is 2.31. The van der Waals surface area contributed by atoms with Crippen LogP contribution < -0.4 is 19.9 Å². The lowest BCUT2D eigenvalue weighted by atomic mass is 10.2. The number of ether oxygens (including phenoxy) is 2. The van der Waals surface area contributed by atoms with E-state index in [0.29, 0.717) is 5.82 Å². The molecule has 1 aromatic heterocycles. The Kier molecular flexibility index (Phi) is 5.68. The molecule has 0 spiro atoms. The number of anilines is 2. The van der Waals surface area contributed by atoms with E-state index in [-0.39, 0.29) is 19.0 Å². The van der Waals surface area contributed by atoms with Crippen LogP contribution in [0.4, 0.5) is 11.5 Å². The first kappa shape index (κ1) is 18.4. The van der Waals surface area contributed by atoms with Crippen molar-refractivity contribution < 1.29 is 19.5 Å². The van der Waals surface area contributed by atoms with E-state index in [0.717, 1.165) is 22.3 Å². The van der Waals surface area contributed by atoms with Crippen LogP contribution in [0.3, 0.4) is 0 Å². The molecule has 8 nitrogen and oxygen atoms in total. The Morgan fingerprint density at radius 3 is 2.59 bits per heavy atom. The van der Waals surface area contributed by atoms with Crippen LogP contribution in [0, 0.1) is 0 Å². The number of rotatable bonds is 7. The highest BCUT2D eigenvalue weighted by Gasteiger charge is 2.14. The zero-order valence-electron chi connectivity index (χ0n) is 15.0. The van der Waals surface area contributed by atoms with Crippen molar-refractivity contribution in [2.75, 3.05) is 25.7 Å². The monoisotopic (exact) mass is 368 g/mol. The number of nitrogens with zero attached hydrogens (tertiary/aromatic N) is 3. The molecule has 27 heavy (non-hydrogen) atoms. The van der Waals surface area contributed by atoms with E-state index in [1.54, 1.807) is 12.6 Å². The minimum Gasteiger partial charge on any atom is -0.497 e. The summed E-state index contributed by atoms with van der Waals surface area (Å²) in [5, 5.41) is 9.42. The molecule has 140 valence electrons. The Hall–Kier alpha value is -3.39. The first-order valence-electron chi connectivity index (χ1n) is 8.32. The smallest absolute Gasteiger partial charge is 0.318 e. The highest BCUT2D eigenvalue weighted by molar-refractivity contribution is 5.91. The summed E-state index contributed by atoms with van der Waals surface area (Å²) < 4.78 is 10.7. The second kappa shape index (κ2) is 8.33. The van der Waals surface area contributed by atoms with Gasteiger partial charge in [0.1, 0.15) is 18.2 Å². The van der Waals surface area contributed by atoms with Gasteiger partial charge in [-0.15, -0.1) is 0 Å². The van der Waals surface area contributed by atoms with E-state index >= 15 is 0 Å². The van der Waals surface area contributed by atoms with Gasteiger partial charge >= 0.3 is 6.01 Å². The molecule has 0 saturated heterocycles. The summed E-state index contributed by atoms with van der Waals surface area (Å²) in [6.45, 7) is 0.0520. The normalized spacial score (nSPS) is 10.5. The third-order valence-electron chi connectivity index (χ3n) is 4.03. The van der Waals surface area contributed by atoms with Crippen molar-refractivity contribution in [1.29, 1.82) is 0 Å². The van der Waals surface area contributed by atoms with Gasteiger partial charge in [0, 0.05) is 18.1 Å². The zero-order chi connectivity index (χ0) is 19.2.